The zero-order valence-corrected chi connectivity index (χ0v) is 9.44. The Morgan fingerprint density at radius 3 is 2.56 bits per heavy atom. The van der Waals surface area contributed by atoms with Gasteiger partial charge in [0.05, 0.1) is 12.0 Å². The van der Waals surface area contributed by atoms with E-state index in [0.29, 0.717) is 0 Å². The largest absolute Gasteiger partial charge is 0.496 e. The fourth-order valence-electron chi connectivity index (χ4n) is 1.39. The predicted octanol–water partition coefficient (Wildman–Crippen LogP) is -0.517. The van der Waals surface area contributed by atoms with Crippen molar-refractivity contribution in [3.8, 4) is 5.75 Å². The van der Waals surface area contributed by atoms with E-state index >= 15 is 0 Å². The van der Waals surface area contributed by atoms with Crippen molar-refractivity contribution in [1.29, 1.82) is 0 Å². The number of rotatable bonds is 5. The molecule has 0 aromatic heterocycles. The molecule has 2 unspecified atom stereocenters. The second-order valence-corrected chi connectivity index (χ2v) is 3.48. The quantitative estimate of drug-likeness (QED) is 0.479. The Hall–Kier alpha value is -2.19. The van der Waals surface area contributed by atoms with Crippen LogP contribution in [0.2, 0.25) is 0 Å². The molecule has 1 amide bonds. The average molecular weight is 256 g/mol. The van der Waals surface area contributed by atoms with E-state index in [2.05, 4.69) is 0 Å². The SMILES string of the molecule is COc1ccc([N+](=O)[O-])cc1C(O)C(O)C(N)=O. The topological polar surface area (TPSA) is 136 Å². The Bertz CT molecular complexity index is 475. The molecule has 4 N–H and O–H groups in total. The van der Waals surface area contributed by atoms with E-state index in [0.717, 1.165) is 6.07 Å². The minimum absolute atomic E-state index is 0.0852. The van der Waals surface area contributed by atoms with E-state index in [1.165, 1.54) is 19.2 Å². The predicted molar refractivity (Wildman–Crippen MR) is 59.8 cm³/mol. The lowest BCUT2D eigenvalue weighted by molar-refractivity contribution is -0.385. The first-order valence-electron chi connectivity index (χ1n) is 4.86. The van der Waals surface area contributed by atoms with Crippen LogP contribution in [0.5, 0.6) is 5.75 Å². The minimum atomic E-state index is -1.87. The Kier molecular flexibility index (Phi) is 4.18. The first-order valence-corrected chi connectivity index (χ1v) is 4.86. The summed E-state index contributed by atoms with van der Waals surface area (Å²) < 4.78 is 4.89. The molecule has 0 spiro atoms. The molecule has 0 saturated heterocycles. The number of carbonyl (C=O) groups excluding carboxylic acids is 1. The molecule has 0 heterocycles. The zero-order chi connectivity index (χ0) is 13.9. The molecule has 0 aliphatic heterocycles. The molecule has 0 aliphatic carbocycles. The smallest absolute Gasteiger partial charge is 0.270 e. The van der Waals surface area contributed by atoms with Gasteiger partial charge in [-0.15, -0.1) is 0 Å². The maximum absolute atomic E-state index is 10.8. The molecule has 0 radical (unpaired) electrons. The summed E-state index contributed by atoms with van der Waals surface area (Å²) in [5.41, 5.74) is 4.45. The summed E-state index contributed by atoms with van der Waals surface area (Å²) in [5, 5.41) is 29.7. The monoisotopic (exact) mass is 256 g/mol. The van der Waals surface area contributed by atoms with Gasteiger partial charge >= 0.3 is 0 Å². The van der Waals surface area contributed by atoms with Gasteiger partial charge in [-0.2, -0.15) is 0 Å². The number of ether oxygens (including phenoxy) is 1. The summed E-state index contributed by atoms with van der Waals surface area (Å²) in [7, 11) is 1.29. The summed E-state index contributed by atoms with van der Waals surface area (Å²) in [6.45, 7) is 0. The second-order valence-electron chi connectivity index (χ2n) is 3.48. The van der Waals surface area contributed by atoms with Gasteiger partial charge in [-0.1, -0.05) is 0 Å². The molecule has 0 fully saturated rings. The van der Waals surface area contributed by atoms with Crippen molar-refractivity contribution >= 4 is 11.6 Å². The van der Waals surface area contributed by atoms with Gasteiger partial charge in [-0.05, 0) is 6.07 Å². The van der Waals surface area contributed by atoms with E-state index in [1.54, 1.807) is 0 Å². The maximum Gasteiger partial charge on any atom is 0.270 e. The lowest BCUT2D eigenvalue weighted by Gasteiger charge is -2.17. The van der Waals surface area contributed by atoms with E-state index < -0.39 is 23.0 Å². The third kappa shape index (κ3) is 2.73. The number of benzene rings is 1. The molecule has 8 nitrogen and oxygen atoms in total. The van der Waals surface area contributed by atoms with Crippen LogP contribution in [0.3, 0.4) is 0 Å². The van der Waals surface area contributed by atoms with Crippen LogP contribution >= 0.6 is 0 Å². The van der Waals surface area contributed by atoms with Crippen molar-refractivity contribution < 1.29 is 24.7 Å². The molecule has 0 bridgehead atoms. The van der Waals surface area contributed by atoms with Crippen molar-refractivity contribution in [3.05, 3.63) is 33.9 Å². The molecule has 1 rings (SSSR count). The number of nitrogens with two attached hydrogens (primary N) is 1. The van der Waals surface area contributed by atoms with Crippen LogP contribution in [0.1, 0.15) is 11.7 Å². The number of carbonyl (C=O) groups is 1. The van der Waals surface area contributed by atoms with Crippen molar-refractivity contribution in [2.24, 2.45) is 5.73 Å². The van der Waals surface area contributed by atoms with Gasteiger partial charge in [0.15, 0.2) is 6.10 Å². The van der Waals surface area contributed by atoms with E-state index in [9.17, 15) is 25.1 Å². The van der Waals surface area contributed by atoms with Crippen molar-refractivity contribution in [2.45, 2.75) is 12.2 Å². The van der Waals surface area contributed by atoms with Crippen LogP contribution in [0.4, 0.5) is 5.69 Å². The van der Waals surface area contributed by atoms with E-state index in [4.69, 9.17) is 10.5 Å². The highest BCUT2D eigenvalue weighted by Gasteiger charge is 2.27. The Balaban J connectivity index is 3.23. The van der Waals surface area contributed by atoms with Gasteiger partial charge in [0.2, 0.25) is 5.91 Å². The van der Waals surface area contributed by atoms with E-state index in [1.807, 2.05) is 0 Å². The number of nitro benzene ring substituents is 1. The fraction of sp³-hybridized carbons (Fsp3) is 0.300. The molecule has 2 atom stereocenters. The maximum atomic E-state index is 10.8. The highest BCUT2D eigenvalue weighted by molar-refractivity contribution is 5.79. The van der Waals surface area contributed by atoms with Crippen molar-refractivity contribution in [1.82, 2.24) is 0 Å². The number of hydrogen-bond donors (Lipinski definition) is 3. The number of aliphatic hydroxyl groups excluding tert-OH is 2. The molecule has 1 aromatic rings. The number of amides is 1. The zero-order valence-electron chi connectivity index (χ0n) is 9.44. The summed E-state index contributed by atoms with van der Waals surface area (Å²) in [4.78, 5) is 20.7. The highest BCUT2D eigenvalue weighted by atomic mass is 16.6. The molecular formula is C10H12N2O6. The van der Waals surface area contributed by atoms with Crippen LogP contribution in [0.15, 0.2) is 18.2 Å². The molecule has 8 heteroatoms. The molecule has 18 heavy (non-hydrogen) atoms. The lowest BCUT2D eigenvalue weighted by Crippen LogP contribution is -2.34. The van der Waals surface area contributed by atoms with E-state index in [-0.39, 0.29) is 17.0 Å². The second kappa shape index (κ2) is 5.43. The number of nitro groups is 1. The number of aliphatic hydroxyl groups is 2. The van der Waals surface area contributed by atoms with Gasteiger partial charge in [-0.25, -0.2) is 0 Å². The van der Waals surface area contributed by atoms with Crippen LogP contribution in [0, 0.1) is 10.1 Å². The molecule has 0 aliphatic rings. The van der Waals surface area contributed by atoms with Gasteiger partial charge in [-0.3, -0.25) is 14.9 Å². The average Bonchev–Trinajstić information content (AvgIpc) is 2.35. The van der Waals surface area contributed by atoms with Crippen molar-refractivity contribution in [3.63, 3.8) is 0 Å². The Morgan fingerprint density at radius 1 is 1.50 bits per heavy atom. The number of methoxy groups -OCH3 is 1. The first kappa shape index (κ1) is 13.9. The minimum Gasteiger partial charge on any atom is -0.496 e. The van der Waals surface area contributed by atoms with Crippen LogP contribution in [-0.2, 0) is 4.79 Å². The normalized spacial score (nSPS) is 13.7. The van der Waals surface area contributed by atoms with Crippen LogP contribution < -0.4 is 10.5 Å². The molecule has 0 saturated carbocycles. The summed E-state index contributed by atoms with van der Waals surface area (Å²) in [5.74, 6) is -1.04. The number of non-ortho nitro benzene ring substituents is 1. The molecule has 98 valence electrons. The van der Waals surface area contributed by atoms with Gasteiger partial charge in [0.1, 0.15) is 11.9 Å². The fourth-order valence-corrected chi connectivity index (χ4v) is 1.39. The molecular weight excluding hydrogens is 244 g/mol. The van der Waals surface area contributed by atoms with Crippen molar-refractivity contribution in [2.75, 3.05) is 7.11 Å². The van der Waals surface area contributed by atoms with Gasteiger partial charge in [0, 0.05) is 17.7 Å². The number of hydrogen-bond acceptors (Lipinski definition) is 6. The summed E-state index contributed by atoms with van der Waals surface area (Å²) in [6, 6.07) is 3.44. The Labute approximate surface area is 102 Å². The lowest BCUT2D eigenvalue weighted by atomic mass is 10.0. The number of primary amides is 1. The highest BCUT2D eigenvalue weighted by Crippen LogP contribution is 2.30. The Morgan fingerprint density at radius 2 is 2.11 bits per heavy atom. The van der Waals surface area contributed by atoms with Gasteiger partial charge < -0.3 is 20.7 Å². The van der Waals surface area contributed by atoms with Crippen LogP contribution in [-0.4, -0.2) is 34.3 Å². The number of nitrogens with zero attached hydrogens (tertiary/aromatic N) is 1. The molecule has 1 aromatic carbocycles. The first-order chi connectivity index (χ1) is 8.38. The summed E-state index contributed by atoms with van der Waals surface area (Å²) >= 11 is 0. The third-order valence-corrected chi connectivity index (χ3v) is 2.33. The van der Waals surface area contributed by atoms with Gasteiger partial charge in [0.25, 0.3) is 5.69 Å². The van der Waals surface area contributed by atoms with Crippen LogP contribution in [0.25, 0.3) is 0 Å². The third-order valence-electron chi connectivity index (χ3n) is 2.33. The summed E-state index contributed by atoms with van der Waals surface area (Å²) in [6.07, 6.45) is -3.57. The standard InChI is InChI=1S/C10H12N2O6/c1-18-7-3-2-5(12(16)17)4-6(7)8(13)9(14)10(11)15/h2-4,8-9,13-14H,1H3,(H2,11,15).